The van der Waals surface area contributed by atoms with Gasteiger partial charge < -0.3 is 15.6 Å². The van der Waals surface area contributed by atoms with Crippen molar-refractivity contribution in [2.45, 2.75) is 19.4 Å². The van der Waals surface area contributed by atoms with Crippen molar-refractivity contribution >= 4 is 21.6 Å². The van der Waals surface area contributed by atoms with E-state index in [4.69, 9.17) is 15.6 Å². The highest BCUT2D eigenvalue weighted by atomic mass is 79.9. The Morgan fingerprint density at radius 1 is 1.71 bits per heavy atom. The van der Waals surface area contributed by atoms with E-state index in [1.807, 2.05) is 13.0 Å². The normalized spacial score (nSPS) is 19.2. The Labute approximate surface area is 91.0 Å². The lowest BCUT2D eigenvalue weighted by atomic mass is 10.1. The molecule has 0 spiro atoms. The zero-order valence-electron chi connectivity index (χ0n) is 7.88. The summed E-state index contributed by atoms with van der Waals surface area (Å²) in [7, 11) is 0. The largest absolute Gasteiger partial charge is 0.485 e. The molecule has 0 bridgehead atoms. The van der Waals surface area contributed by atoms with Gasteiger partial charge in [0.2, 0.25) is 0 Å². The van der Waals surface area contributed by atoms with E-state index in [-0.39, 0.29) is 12.7 Å². The summed E-state index contributed by atoms with van der Waals surface area (Å²) in [6.07, 6.45) is 0.573. The summed E-state index contributed by atoms with van der Waals surface area (Å²) >= 11 is 3.50. The van der Waals surface area contributed by atoms with Crippen molar-refractivity contribution in [2.24, 2.45) is 0 Å². The second-order valence-electron chi connectivity index (χ2n) is 3.53. The number of aryl methyl sites for hydroxylation is 1. The first-order valence-electron chi connectivity index (χ1n) is 4.48. The van der Waals surface area contributed by atoms with Crippen molar-refractivity contribution < 1.29 is 9.84 Å². The highest BCUT2D eigenvalue weighted by molar-refractivity contribution is 9.10. The molecule has 4 heteroatoms. The second kappa shape index (κ2) is 3.44. The van der Waals surface area contributed by atoms with Crippen LogP contribution in [0.4, 0.5) is 5.69 Å². The predicted molar refractivity (Wildman–Crippen MR) is 58.5 cm³/mol. The molecule has 1 aromatic rings. The lowest BCUT2D eigenvalue weighted by Gasteiger charge is -2.08. The highest BCUT2D eigenvalue weighted by Crippen LogP contribution is 2.40. The van der Waals surface area contributed by atoms with Gasteiger partial charge in [-0.25, -0.2) is 0 Å². The molecule has 76 valence electrons. The van der Waals surface area contributed by atoms with Gasteiger partial charge in [-0.15, -0.1) is 0 Å². The number of nitrogen functional groups attached to an aromatic ring is 1. The summed E-state index contributed by atoms with van der Waals surface area (Å²) in [5.74, 6) is 0.724. The Morgan fingerprint density at radius 2 is 2.43 bits per heavy atom. The van der Waals surface area contributed by atoms with Gasteiger partial charge in [0.15, 0.2) is 0 Å². The Kier molecular flexibility index (Phi) is 2.41. The Balaban J connectivity index is 2.50. The molecule has 0 saturated heterocycles. The van der Waals surface area contributed by atoms with E-state index in [0.717, 1.165) is 27.8 Å². The molecule has 0 radical (unpaired) electrons. The van der Waals surface area contributed by atoms with Crippen molar-refractivity contribution in [3.05, 3.63) is 21.7 Å². The van der Waals surface area contributed by atoms with E-state index in [1.54, 1.807) is 0 Å². The molecule has 1 aliphatic heterocycles. The molecule has 1 heterocycles. The minimum Gasteiger partial charge on any atom is -0.485 e. The summed E-state index contributed by atoms with van der Waals surface area (Å²) in [5, 5.41) is 9.01. The summed E-state index contributed by atoms with van der Waals surface area (Å²) in [6.45, 7) is 2.02. The molecule has 1 aliphatic rings. The molecular weight excluding hydrogens is 246 g/mol. The van der Waals surface area contributed by atoms with Crippen LogP contribution < -0.4 is 10.5 Å². The van der Waals surface area contributed by atoms with Crippen LogP contribution in [0.5, 0.6) is 5.75 Å². The minimum absolute atomic E-state index is 0.0274. The Bertz CT molecular complexity index is 379. The number of nitrogens with two attached hydrogens (primary N) is 1. The topological polar surface area (TPSA) is 55.5 Å². The SMILES string of the molecule is Cc1cc(N)c2c(c1Br)C[C@H](CO)O2. The van der Waals surface area contributed by atoms with Crippen LogP contribution in [-0.4, -0.2) is 17.8 Å². The van der Waals surface area contributed by atoms with Gasteiger partial charge >= 0.3 is 0 Å². The van der Waals surface area contributed by atoms with E-state index in [1.165, 1.54) is 0 Å². The zero-order valence-corrected chi connectivity index (χ0v) is 9.47. The van der Waals surface area contributed by atoms with Crippen molar-refractivity contribution in [3.63, 3.8) is 0 Å². The third-order valence-corrected chi connectivity index (χ3v) is 3.54. The molecule has 1 atom stereocenters. The van der Waals surface area contributed by atoms with Gasteiger partial charge in [-0.05, 0) is 18.6 Å². The van der Waals surface area contributed by atoms with Crippen LogP contribution in [0.2, 0.25) is 0 Å². The molecule has 0 amide bonds. The molecule has 0 saturated carbocycles. The number of hydrogen-bond acceptors (Lipinski definition) is 3. The van der Waals surface area contributed by atoms with Crippen molar-refractivity contribution in [2.75, 3.05) is 12.3 Å². The number of ether oxygens (including phenoxy) is 1. The lowest BCUT2D eigenvalue weighted by Crippen LogP contribution is -2.17. The standard InChI is InChI=1S/C10H12BrNO2/c1-5-2-8(12)10-7(9(5)11)3-6(4-13)14-10/h2,6,13H,3-4,12H2,1H3/t6-/m1/s1. The van der Waals surface area contributed by atoms with Gasteiger partial charge in [0.1, 0.15) is 11.9 Å². The van der Waals surface area contributed by atoms with Gasteiger partial charge in [0.05, 0.1) is 12.3 Å². The molecular formula is C10H12BrNO2. The summed E-state index contributed by atoms with van der Waals surface area (Å²) < 4.78 is 6.56. The van der Waals surface area contributed by atoms with Crippen LogP contribution in [0.25, 0.3) is 0 Å². The van der Waals surface area contributed by atoms with Crippen molar-refractivity contribution in [3.8, 4) is 5.75 Å². The summed E-state index contributed by atoms with van der Waals surface area (Å²) in [5.41, 5.74) is 8.65. The fraction of sp³-hybridized carbons (Fsp3) is 0.400. The number of fused-ring (bicyclic) bond motifs is 1. The lowest BCUT2D eigenvalue weighted by molar-refractivity contribution is 0.135. The number of rotatable bonds is 1. The molecule has 0 aromatic heterocycles. The Morgan fingerprint density at radius 3 is 3.07 bits per heavy atom. The third kappa shape index (κ3) is 1.38. The maximum Gasteiger partial charge on any atom is 0.147 e. The van der Waals surface area contributed by atoms with Crippen LogP contribution >= 0.6 is 15.9 Å². The first-order valence-corrected chi connectivity index (χ1v) is 5.27. The molecule has 2 rings (SSSR count). The van der Waals surface area contributed by atoms with Gasteiger partial charge in [-0.2, -0.15) is 0 Å². The van der Waals surface area contributed by atoms with Crippen LogP contribution in [0.3, 0.4) is 0 Å². The number of hydrogen-bond donors (Lipinski definition) is 2. The molecule has 0 unspecified atom stereocenters. The first kappa shape index (κ1) is 9.80. The smallest absolute Gasteiger partial charge is 0.147 e. The van der Waals surface area contributed by atoms with Crippen molar-refractivity contribution in [1.82, 2.24) is 0 Å². The fourth-order valence-electron chi connectivity index (χ4n) is 1.73. The highest BCUT2D eigenvalue weighted by Gasteiger charge is 2.27. The molecule has 3 N–H and O–H groups in total. The molecule has 3 nitrogen and oxygen atoms in total. The van der Waals surface area contributed by atoms with Crippen molar-refractivity contribution in [1.29, 1.82) is 0 Å². The third-order valence-electron chi connectivity index (χ3n) is 2.44. The monoisotopic (exact) mass is 257 g/mol. The second-order valence-corrected chi connectivity index (χ2v) is 4.32. The van der Waals surface area contributed by atoms with E-state index >= 15 is 0 Å². The number of anilines is 1. The summed E-state index contributed by atoms with van der Waals surface area (Å²) in [6, 6.07) is 1.88. The maximum absolute atomic E-state index is 9.01. The van der Waals surface area contributed by atoms with Gasteiger partial charge in [0.25, 0.3) is 0 Å². The van der Waals surface area contributed by atoms with Gasteiger partial charge in [0, 0.05) is 16.5 Å². The van der Waals surface area contributed by atoms with Crippen LogP contribution in [0, 0.1) is 6.92 Å². The number of benzene rings is 1. The number of halogens is 1. The molecule has 1 aromatic carbocycles. The molecule has 0 fully saturated rings. The van der Waals surface area contributed by atoms with E-state index in [2.05, 4.69) is 15.9 Å². The van der Waals surface area contributed by atoms with Crippen LogP contribution in [-0.2, 0) is 6.42 Å². The number of aliphatic hydroxyl groups is 1. The van der Waals surface area contributed by atoms with E-state index < -0.39 is 0 Å². The van der Waals surface area contributed by atoms with Crippen LogP contribution in [0.15, 0.2) is 10.5 Å². The number of aliphatic hydroxyl groups excluding tert-OH is 1. The van der Waals surface area contributed by atoms with Gasteiger partial charge in [-0.1, -0.05) is 15.9 Å². The predicted octanol–water partition coefficient (Wildman–Crippen LogP) is 1.64. The minimum atomic E-state index is -0.148. The average Bonchev–Trinajstić information content (AvgIpc) is 2.58. The quantitative estimate of drug-likeness (QED) is 0.753. The maximum atomic E-state index is 9.01. The fourth-order valence-corrected chi connectivity index (χ4v) is 2.19. The first-order chi connectivity index (χ1) is 6.63. The zero-order chi connectivity index (χ0) is 10.3. The molecule has 14 heavy (non-hydrogen) atoms. The summed E-state index contributed by atoms with van der Waals surface area (Å²) in [4.78, 5) is 0. The van der Waals surface area contributed by atoms with E-state index in [9.17, 15) is 0 Å². The molecule has 0 aliphatic carbocycles. The van der Waals surface area contributed by atoms with E-state index in [0.29, 0.717) is 5.69 Å². The average molecular weight is 258 g/mol. The Hall–Kier alpha value is -0.740. The van der Waals surface area contributed by atoms with Crippen LogP contribution in [0.1, 0.15) is 11.1 Å². The van der Waals surface area contributed by atoms with Gasteiger partial charge in [-0.3, -0.25) is 0 Å².